The third kappa shape index (κ3) is 12.3. The average Bonchev–Trinajstić information content (AvgIpc) is 1.50. The Balaban J connectivity index is 0. The molecule has 0 heterocycles. The second-order valence-electron chi connectivity index (χ2n) is 0. The van der Waals surface area contributed by atoms with Crippen LogP contribution in [0.3, 0.4) is 0 Å². The van der Waals surface area contributed by atoms with Crippen molar-refractivity contribution in [2.45, 2.75) is 0 Å². The third-order valence-electron chi connectivity index (χ3n) is 0. The normalized spacial score (nSPS) is 2.75. The van der Waals surface area contributed by atoms with Crippen LogP contribution in [0.4, 0.5) is 0 Å². The van der Waals surface area contributed by atoms with Crippen LogP contribution in [0.25, 0.3) is 0 Å². The number of hydrogen-bond acceptors (Lipinski definition) is 0. The molecular weight excluding hydrogens is 210 g/mol. The van der Waals surface area contributed by atoms with Crippen molar-refractivity contribution in [1.82, 2.24) is 0 Å². The minimum absolute atomic E-state index is 1.78. The van der Waals surface area contributed by atoms with Crippen LogP contribution in [0.2, 0.25) is 0 Å². The molecular formula is C2H3INi-. The van der Waals surface area contributed by atoms with Crippen LogP contribution >= 0.6 is 20.5 Å². The van der Waals surface area contributed by atoms with Crippen LogP contribution < -0.4 is 0 Å². The fraction of sp³-hybridized carbons (Fsp3) is 0. The first kappa shape index (κ1) is 8.88. The van der Waals surface area contributed by atoms with Crippen molar-refractivity contribution in [2.24, 2.45) is 0 Å². The van der Waals surface area contributed by atoms with Gasteiger partial charge in [-0.1, -0.05) is 0 Å². The number of rotatable bonds is 0. The molecule has 0 nitrogen and oxygen atoms in total. The van der Waals surface area contributed by atoms with Gasteiger partial charge >= 0.3 is 32.8 Å². The molecule has 0 atom stereocenters. The fourth-order valence-electron chi connectivity index (χ4n) is 0. The van der Waals surface area contributed by atoms with Gasteiger partial charge in [0.1, 0.15) is 0 Å². The Kier molecular flexibility index (Phi) is 83.2. The number of halogens is 1. The van der Waals surface area contributed by atoms with E-state index in [1.807, 2.05) is 0 Å². The molecule has 0 unspecified atom stereocenters. The molecule has 0 aliphatic heterocycles. The van der Waals surface area contributed by atoms with Gasteiger partial charge in [0.25, 0.3) is 0 Å². The number of hydrogen-bond donors (Lipinski definition) is 0. The van der Waals surface area contributed by atoms with Gasteiger partial charge in [-0.05, 0) is 0 Å². The molecule has 0 saturated carbocycles. The van der Waals surface area contributed by atoms with Crippen molar-refractivity contribution in [3.05, 3.63) is 13.2 Å². The van der Waals surface area contributed by atoms with E-state index in [2.05, 4.69) is 25.4 Å². The molecule has 2 heteroatoms. The zero-order valence-corrected chi connectivity index (χ0v) is 5.12. The van der Waals surface area contributed by atoms with Gasteiger partial charge in [-0.3, -0.25) is 6.58 Å². The van der Waals surface area contributed by atoms with E-state index in [0.717, 1.165) is 0 Å². The Morgan fingerprint density at radius 2 is 1.50 bits per heavy atom. The average molecular weight is 213 g/mol. The second kappa shape index (κ2) is 37.5. The molecule has 0 N–H and O–H groups in total. The molecule has 0 aliphatic carbocycles. The standard InChI is InChI=1S/C2H3.HI.Ni/c1-2;;/h1H,2H2;1H;/q-1;;+1/p-1. The van der Waals surface area contributed by atoms with Crippen LogP contribution in [-0.4, -0.2) is 0 Å². The van der Waals surface area contributed by atoms with Crippen molar-refractivity contribution < 1.29 is 12.3 Å². The van der Waals surface area contributed by atoms with Gasteiger partial charge in [-0.25, -0.2) is 0 Å². The predicted molar refractivity (Wildman–Crippen MR) is 23.9 cm³/mol. The Bertz CT molecular complexity index is 6.00. The Morgan fingerprint density at radius 3 is 1.50 bits per heavy atom. The molecule has 0 spiro atoms. The molecule has 0 radical (unpaired) electrons. The summed E-state index contributed by atoms with van der Waals surface area (Å²) in [7, 11) is 0. The van der Waals surface area contributed by atoms with Crippen LogP contribution in [0.15, 0.2) is 6.58 Å². The third-order valence-corrected chi connectivity index (χ3v) is 0. The zero-order chi connectivity index (χ0) is 4.00. The molecule has 4 heavy (non-hydrogen) atoms. The first-order valence-corrected chi connectivity index (χ1v) is 3.71. The quantitative estimate of drug-likeness (QED) is 0.324. The van der Waals surface area contributed by atoms with Gasteiger partial charge < -0.3 is 6.58 Å². The second-order valence-corrected chi connectivity index (χ2v) is 0. The summed E-state index contributed by atoms with van der Waals surface area (Å²) < 4.78 is 0. The molecule has 29 valence electrons. The molecule has 0 aromatic carbocycles. The summed E-state index contributed by atoms with van der Waals surface area (Å²) in [6.45, 7) is 7.00. The predicted octanol–water partition coefficient (Wildman–Crippen LogP) is 1.49. The van der Waals surface area contributed by atoms with E-state index < -0.39 is 0 Å². The van der Waals surface area contributed by atoms with E-state index in [1.54, 1.807) is 20.5 Å². The zero-order valence-electron chi connectivity index (χ0n) is 1.98. The van der Waals surface area contributed by atoms with Gasteiger partial charge in [0.2, 0.25) is 0 Å². The van der Waals surface area contributed by atoms with E-state index in [1.165, 1.54) is 0 Å². The van der Waals surface area contributed by atoms with Crippen LogP contribution in [0.5, 0.6) is 0 Å². The summed E-state index contributed by atoms with van der Waals surface area (Å²) >= 11 is 5.62. The summed E-state index contributed by atoms with van der Waals surface area (Å²) in [6.07, 6.45) is 0. The van der Waals surface area contributed by atoms with E-state index in [9.17, 15) is 0 Å². The SMILES string of the molecule is [CH-]=C.[Ni][I]. The Morgan fingerprint density at radius 1 is 1.50 bits per heavy atom. The minimum atomic E-state index is 1.78. The van der Waals surface area contributed by atoms with E-state index in [4.69, 9.17) is 0 Å². The van der Waals surface area contributed by atoms with Gasteiger partial charge in [-0.15, -0.1) is 0 Å². The van der Waals surface area contributed by atoms with Crippen molar-refractivity contribution >= 4 is 20.5 Å². The van der Waals surface area contributed by atoms with E-state index >= 15 is 0 Å². The van der Waals surface area contributed by atoms with Gasteiger partial charge in [0.05, 0.1) is 0 Å². The molecule has 0 aromatic rings. The molecule has 0 bridgehead atoms. The molecule has 0 aromatic heterocycles. The molecule has 0 amide bonds. The maximum atomic E-state index is 4.25. The molecule has 0 rings (SSSR count). The van der Waals surface area contributed by atoms with Gasteiger partial charge in [0, 0.05) is 0 Å². The summed E-state index contributed by atoms with van der Waals surface area (Å²) in [5.74, 6) is 0. The summed E-state index contributed by atoms with van der Waals surface area (Å²) in [6, 6.07) is 0. The van der Waals surface area contributed by atoms with Crippen molar-refractivity contribution in [3.8, 4) is 0 Å². The van der Waals surface area contributed by atoms with Gasteiger partial charge in [0.15, 0.2) is 0 Å². The monoisotopic (exact) mass is 212 g/mol. The van der Waals surface area contributed by atoms with E-state index in [0.29, 0.717) is 0 Å². The molecule has 0 saturated heterocycles. The van der Waals surface area contributed by atoms with Crippen LogP contribution in [0, 0.1) is 6.58 Å². The maximum absolute atomic E-state index is 4.25. The first-order chi connectivity index (χ1) is 2.00. The Hall–Kier alpha value is 0.964. The molecule has 0 fully saturated rings. The topological polar surface area (TPSA) is 0 Å². The van der Waals surface area contributed by atoms with Crippen molar-refractivity contribution in [1.29, 1.82) is 0 Å². The van der Waals surface area contributed by atoms with Crippen molar-refractivity contribution in [3.63, 3.8) is 0 Å². The Labute approximate surface area is 45.9 Å². The molecule has 0 aliphatic rings. The van der Waals surface area contributed by atoms with Crippen molar-refractivity contribution in [2.75, 3.05) is 0 Å². The van der Waals surface area contributed by atoms with Crippen LogP contribution in [-0.2, 0) is 12.3 Å². The fourth-order valence-corrected chi connectivity index (χ4v) is 0. The van der Waals surface area contributed by atoms with Crippen LogP contribution in [0.1, 0.15) is 0 Å². The first-order valence-electron chi connectivity index (χ1n) is 0.528. The van der Waals surface area contributed by atoms with Gasteiger partial charge in [-0.2, -0.15) is 0 Å². The summed E-state index contributed by atoms with van der Waals surface area (Å²) in [5, 5.41) is 0. The summed E-state index contributed by atoms with van der Waals surface area (Å²) in [4.78, 5) is 0. The van der Waals surface area contributed by atoms with E-state index in [-0.39, 0.29) is 0 Å². The summed E-state index contributed by atoms with van der Waals surface area (Å²) in [5.41, 5.74) is 0.